The van der Waals surface area contributed by atoms with Crippen LogP contribution in [0.5, 0.6) is 0 Å². The molecule has 1 amide bonds. The van der Waals surface area contributed by atoms with Gasteiger partial charge in [-0.15, -0.1) is 0 Å². The number of carbonyl (C=O) groups excluding carboxylic acids is 1. The second-order valence-corrected chi connectivity index (χ2v) is 7.16. The molecule has 2 aliphatic heterocycles. The average Bonchev–Trinajstić information content (AvgIpc) is 3.11. The van der Waals surface area contributed by atoms with Crippen molar-refractivity contribution in [3.8, 4) is 0 Å². The van der Waals surface area contributed by atoms with Crippen molar-refractivity contribution in [3.63, 3.8) is 0 Å². The standard InChI is InChI=1S/C17H31N3O2/c21-13-17(22)20(14-4-2-1-3-5-14)15-7-10-19(11-8-15)16-6-9-18-12-16/h14-16,18,21H,1-13H2/t16-/m0/s1. The Morgan fingerprint density at radius 2 is 1.73 bits per heavy atom. The molecule has 0 aromatic rings. The molecule has 3 aliphatic rings. The van der Waals surface area contributed by atoms with E-state index in [1.807, 2.05) is 0 Å². The molecule has 0 unspecified atom stereocenters. The van der Waals surface area contributed by atoms with Crippen LogP contribution in [-0.4, -0.2) is 71.7 Å². The molecule has 0 bridgehead atoms. The molecule has 5 heteroatoms. The van der Waals surface area contributed by atoms with Crippen molar-refractivity contribution in [1.82, 2.24) is 15.1 Å². The van der Waals surface area contributed by atoms with E-state index in [9.17, 15) is 9.90 Å². The van der Waals surface area contributed by atoms with Crippen molar-refractivity contribution < 1.29 is 9.90 Å². The number of likely N-dealkylation sites (tertiary alicyclic amines) is 1. The fourth-order valence-corrected chi connectivity index (χ4v) is 4.63. The van der Waals surface area contributed by atoms with Crippen molar-refractivity contribution in [2.24, 2.45) is 0 Å². The molecule has 3 fully saturated rings. The van der Waals surface area contributed by atoms with Crippen molar-refractivity contribution >= 4 is 5.91 Å². The molecule has 0 aromatic heterocycles. The van der Waals surface area contributed by atoms with Crippen molar-refractivity contribution in [1.29, 1.82) is 0 Å². The summed E-state index contributed by atoms with van der Waals surface area (Å²) in [7, 11) is 0. The molecule has 22 heavy (non-hydrogen) atoms. The van der Waals surface area contributed by atoms with Crippen LogP contribution >= 0.6 is 0 Å². The summed E-state index contributed by atoms with van der Waals surface area (Å²) in [6.07, 6.45) is 9.39. The van der Waals surface area contributed by atoms with Crippen LogP contribution < -0.4 is 5.32 Å². The molecular formula is C17H31N3O2. The van der Waals surface area contributed by atoms with Gasteiger partial charge >= 0.3 is 0 Å². The summed E-state index contributed by atoms with van der Waals surface area (Å²) in [4.78, 5) is 17.0. The molecule has 2 N–H and O–H groups in total. The first kappa shape index (κ1) is 16.2. The van der Waals surface area contributed by atoms with Gasteiger partial charge in [-0.25, -0.2) is 0 Å². The molecule has 126 valence electrons. The van der Waals surface area contributed by atoms with Gasteiger partial charge in [-0.05, 0) is 38.6 Å². The smallest absolute Gasteiger partial charge is 0.248 e. The Labute approximate surface area is 134 Å². The van der Waals surface area contributed by atoms with E-state index in [1.54, 1.807) is 0 Å². The van der Waals surface area contributed by atoms with Crippen LogP contribution in [0, 0.1) is 0 Å². The highest BCUT2D eigenvalue weighted by Gasteiger charge is 2.35. The van der Waals surface area contributed by atoms with Gasteiger partial charge < -0.3 is 15.3 Å². The summed E-state index contributed by atoms with van der Waals surface area (Å²) in [5.74, 6) is -0.0483. The Morgan fingerprint density at radius 1 is 1.05 bits per heavy atom. The first-order chi connectivity index (χ1) is 10.8. The molecular weight excluding hydrogens is 278 g/mol. The number of aliphatic hydroxyl groups excluding tert-OH is 1. The van der Waals surface area contributed by atoms with Crippen molar-refractivity contribution in [2.75, 3.05) is 32.8 Å². The molecule has 2 heterocycles. The zero-order valence-corrected chi connectivity index (χ0v) is 13.7. The maximum atomic E-state index is 12.3. The summed E-state index contributed by atoms with van der Waals surface area (Å²) in [6, 6.07) is 1.41. The van der Waals surface area contributed by atoms with E-state index in [2.05, 4.69) is 15.1 Å². The third kappa shape index (κ3) is 3.63. The van der Waals surface area contributed by atoms with Gasteiger partial charge in [0.1, 0.15) is 6.61 Å². The average molecular weight is 309 g/mol. The second kappa shape index (κ2) is 7.75. The Bertz CT molecular complexity index is 357. The van der Waals surface area contributed by atoms with Gasteiger partial charge in [-0.2, -0.15) is 0 Å². The van der Waals surface area contributed by atoms with Crippen molar-refractivity contribution in [3.05, 3.63) is 0 Å². The fourth-order valence-electron chi connectivity index (χ4n) is 4.63. The Balaban J connectivity index is 1.58. The molecule has 1 atom stereocenters. The number of aliphatic hydroxyl groups is 1. The van der Waals surface area contributed by atoms with Crippen LogP contribution in [0.15, 0.2) is 0 Å². The zero-order chi connectivity index (χ0) is 15.4. The lowest BCUT2D eigenvalue weighted by Gasteiger charge is -2.44. The number of rotatable bonds is 4. The molecule has 1 saturated carbocycles. The highest BCUT2D eigenvalue weighted by Crippen LogP contribution is 2.28. The number of hydrogen-bond donors (Lipinski definition) is 2. The quantitative estimate of drug-likeness (QED) is 0.812. The Morgan fingerprint density at radius 3 is 2.32 bits per heavy atom. The van der Waals surface area contributed by atoms with Gasteiger partial charge in [0.05, 0.1) is 0 Å². The molecule has 3 rings (SSSR count). The number of piperidine rings is 1. The van der Waals surface area contributed by atoms with Crippen LogP contribution in [0.25, 0.3) is 0 Å². The van der Waals surface area contributed by atoms with Crippen LogP contribution in [0.3, 0.4) is 0 Å². The summed E-state index contributed by atoms with van der Waals surface area (Å²) in [6.45, 7) is 4.12. The highest BCUT2D eigenvalue weighted by atomic mass is 16.3. The monoisotopic (exact) mass is 309 g/mol. The summed E-state index contributed by atoms with van der Waals surface area (Å²) in [5, 5.41) is 12.8. The maximum absolute atomic E-state index is 12.3. The van der Waals surface area contributed by atoms with Gasteiger partial charge in [-0.3, -0.25) is 9.69 Å². The fraction of sp³-hybridized carbons (Fsp3) is 0.941. The number of nitrogens with one attached hydrogen (secondary N) is 1. The number of carbonyl (C=O) groups is 1. The molecule has 1 aliphatic carbocycles. The molecule has 0 radical (unpaired) electrons. The first-order valence-electron chi connectivity index (χ1n) is 9.16. The second-order valence-electron chi connectivity index (χ2n) is 7.16. The molecule has 0 spiro atoms. The topological polar surface area (TPSA) is 55.8 Å². The van der Waals surface area contributed by atoms with E-state index < -0.39 is 0 Å². The van der Waals surface area contributed by atoms with E-state index in [1.165, 1.54) is 25.7 Å². The normalized spacial score (nSPS) is 28.9. The minimum absolute atomic E-state index is 0.0483. The predicted octanol–water partition coefficient (Wildman–Crippen LogP) is 0.966. The lowest BCUT2D eigenvalue weighted by molar-refractivity contribution is -0.141. The van der Waals surface area contributed by atoms with E-state index in [0.717, 1.165) is 51.9 Å². The number of amides is 1. The SMILES string of the molecule is O=C(CO)N(C1CCCCC1)C1CCN([C@H]2CCNC2)CC1. The summed E-state index contributed by atoms with van der Waals surface area (Å²) < 4.78 is 0. The van der Waals surface area contributed by atoms with E-state index in [-0.39, 0.29) is 12.5 Å². The van der Waals surface area contributed by atoms with Crippen LogP contribution in [0.1, 0.15) is 51.4 Å². The van der Waals surface area contributed by atoms with Gasteiger partial charge in [-0.1, -0.05) is 19.3 Å². The maximum Gasteiger partial charge on any atom is 0.248 e. The van der Waals surface area contributed by atoms with Crippen LogP contribution in [0.4, 0.5) is 0 Å². The van der Waals surface area contributed by atoms with Crippen molar-refractivity contribution in [2.45, 2.75) is 69.5 Å². The number of nitrogens with zero attached hydrogens (tertiary/aromatic N) is 2. The minimum Gasteiger partial charge on any atom is -0.387 e. The summed E-state index contributed by atoms with van der Waals surface area (Å²) >= 11 is 0. The lowest BCUT2D eigenvalue weighted by Crippen LogP contribution is -2.54. The van der Waals surface area contributed by atoms with E-state index >= 15 is 0 Å². The minimum atomic E-state index is -0.330. The Kier molecular flexibility index (Phi) is 5.71. The lowest BCUT2D eigenvalue weighted by atomic mass is 9.91. The Hall–Kier alpha value is -0.650. The zero-order valence-electron chi connectivity index (χ0n) is 13.7. The van der Waals surface area contributed by atoms with E-state index in [4.69, 9.17) is 0 Å². The van der Waals surface area contributed by atoms with Crippen LogP contribution in [0.2, 0.25) is 0 Å². The predicted molar refractivity (Wildman–Crippen MR) is 86.7 cm³/mol. The number of hydrogen-bond acceptors (Lipinski definition) is 4. The molecule has 0 aromatic carbocycles. The third-order valence-electron chi connectivity index (χ3n) is 5.83. The highest BCUT2D eigenvalue weighted by molar-refractivity contribution is 5.78. The van der Waals surface area contributed by atoms with Gasteiger partial charge in [0, 0.05) is 37.8 Å². The molecule has 2 saturated heterocycles. The summed E-state index contributed by atoms with van der Waals surface area (Å²) in [5.41, 5.74) is 0. The van der Waals surface area contributed by atoms with Gasteiger partial charge in [0.15, 0.2) is 0 Å². The molecule has 5 nitrogen and oxygen atoms in total. The van der Waals surface area contributed by atoms with Crippen LogP contribution in [-0.2, 0) is 4.79 Å². The van der Waals surface area contributed by atoms with Gasteiger partial charge in [0.25, 0.3) is 0 Å². The van der Waals surface area contributed by atoms with Gasteiger partial charge in [0.2, 0.25) is 5.91 Å². The van der Waals surface area contributed by atoms with E-state index in [0.29, 0.717) is 18.1 Å². The third-order valence-corrected chi connectivity index (χ3v) is 5.83. The first-order valence-corrected chi connectivity index (χ1v) is 9.16. The largest absolute Gasteiger partial charge is 0.387 e.